The Morgan fingerprint density at radius 3 is 2.71 bits per heavy atom. The Labute approximate surface area is 162 Å². The minimum absolute atomic E-state index is 0.115. The molecular formula is C19H19NO7S. The van der Waals surface area contributed by atoms with Gasteiger partial charge in [-0.05, 0) is 37.6 Å². The van der Waals surface area contributed by atoms with E-state index in [1.807, 2.05) is 0 Å². The van der Waals surface area contributed by atoms with Crippen molar-refractivity contribution in [1.29, 1.82) is 0 Å². The van der Waals surface area contributed by atoms with Crippen LogP contribution in [0.3, 0.4) is 0 Å². The first kappa shape index (κ1) is 19.8. The number of allylic oxidation sites excluding steroid dienone is 1. The summed E-state index contributed by atoms with van der Waals surface area (Å²) in [4.78, 5) is 10.6. The van der Waals surface area contributed by atoms with Crippen molar-refractivity contribution in [2.45, 2.75) is 31.3 Å². The minimum atomic E-state index is -4.39. The maximum absolute atomic E-state index is 11.7. The zero-order chi connectivity index (χ0) is 20.5. The largest absolute Gasteiger partial charge is 0.486 e. The van der Waals surface area contributed by atoms with E-state index in [9.17, 15) is 23.1 Å². The summed E-state index contributed by atoms with van der Waals surface area (Å²) >= 11 is 0. The standard InChI is InChI=1S/C19H19NO7S/c1-3-4-15-16(20(21)22)6-7-17-19(15)27-14(11-26-17)10-13-9-12(2)5-8-18(13)28(23,24)25/h3-9,14H,10-11H2,1-2H3,(H,23,24,25)/t14-/m1/s1. The number of benzene rings is 2. The highest BCUT2D eigenvalue weighted by molar-refractivity contribution is 7.85. The normalized spacial score (nSPS) is 16.3. The van der Waals surface area contributed by atoms with Crippen molar-refractivity contribution < 1.29 is 27.4 Å². The molecule has 0 unspecified atom stereocenters. The molecule has 0 bridgehead atoms. The van der Waals surface area contributed by atoms with E-state index in [2.05, 4.69) is 0 Å². The highest BCUT2D eigenvalue weighted by atomic mass is 32.2. The van der Waals surface area contributed by atoms with Gasteiger partial charge in [-0.3, -0.25) is 14.7 Å². The third-order valence-corrected chi connectivity index (χ3v) is 5.27. The van der Waals surface area contributed by atoms with Gasteiger partial charge in [0.2, 0.25) is 0 Å². The fourth-order valence-electron chi connectivity index (χ4n) is 3.14. The van der Waals surface area contributed by atoms with Gasteiger partial charge in [0, 0.05) is 12.5 Å². The van der Waals surface area contributed by atoms with E-state index in [0.717, 1.165) is 5.56 Å². The Bertz CT molecular complexity index is 1060. The molecule has 1 atom stereocenters. The fourth-order valence-corrected chi connectivity index (χ4v) is 3.85. The lowest BCUT2D eigenvalue weighted by molar-refractivity contribution is -0.385. The third-order valence-electron chi connectivity index (χ3n) is 4.32. The van der Waals surface area contributed by atoms with Crippen LogP contribution in [-0.4, -0.2) is 30.6 Å². The molecule has 1 aliphatic heterocycles. The quantitative estimate of drug-likeness (QED) is 0.459. The van der Waals surface area contributed by atoms with E-state index in [0.29, 0.717) is 11.3 Å². The number of rotatable bonds is 5. The number of nitro benzene ring substituents is 1. The van der Waals surface area contributed by atoms with Gasteiger partial charge in [0.1, 0.15) is 12.7 Å². The van der Waals surface area contributed by atoms with E-state index in [-0.39, 0.29) is 34.9 Å². The molecule has 0 saturated heterocycles. The summed E-state index contributed by atoms with van der Waals surface area (Å²) in [6.45, 7) is 3.67. The second-order valence-corrected chi connectivity index (χ2v) is 7.81. The lowest BCUT2D eigenvalue weighted by atomic mass is 10.0. The highest BCUT2D eigenvalue weighted by Gasteiger charge is 2.29. The summed E-state index contributed by atoms with van der Waals surface area (Å²) < 4.78 is 44.5. The zero-order valence-electron chi connectivity index (χ0n) is 15.3. The van der Waals surface area contributed by atoms with Crippen molar-refractivity contribution in [1.82, 2.24) is 0 Å². The van der Waals surface area contributed by atoms with Crippen LogP contribution in [0.4, 0.5) is 5.69 Å². The smallest absolute Gasteiger partial charge is 0.294 e. The maximum Gasteiger partial charge on any atom is 0.294 e. The zero-order valence-corrected chi connectivity index (χ0v) is 16.1. The molecule has 1 N–H and O–H groups in total. The maximum atomic E-state index is 11.7. The molecule has 9 heteroatoms. The molecule has 1 heterocycles. The molecule has 3 rings (SSSR count). The number of aryl methyl sites for hydroxylation is 1. The van der Waals surface area contributed by atoms with Gasteiger partial charge in [-0.15, -0.1) is 0 Å². The molecule has 8 nitrogen and oxygen atoms in total. The van der Waals surface area contributed by atoms with E-state index in [4.69, 9.17) is 9.47 Å². The van der Waals surface area contributed by atoms with E-state index < -0.39 is 21.1 Å². The molecule has 0 spiro atoms. The van der Waals surface area contributed by atoms with Gasteiger partial charge < -0.3 is 9.47 Å². The lowest BCUT2D eigenvalue weighted by Gasteiger charge is -2.28. The molecule has 1 aliphatic rings. The van der Waals surface area contributed by atoms with Crippen molar-refractivity contribution in [3.05, 3.63) is 63.2 Å². The Morgan fingerprint density at radius 1 is 1.32 bits per heavy atom. The van der Waals surface area contributed by atoms with Gasteiger partial charge in [-0.25, -0.2) is 0 Å². The molecule has 0 saturated carbocycles. The predicted molar refractivity (Wildman–Crippen MR) is 102 cm³/mol. The summed E-state index contributed by atoms with van der Waals surface area (Å²) in [5.74, 6) is 0.624. The average molecular weight is 405 g/mol. The Kier molecular flexibility index (Phi) is 5.39. The number of nitrogens with zero attached hydrogens (tertiary/aromatic N) is 1. The monoisotopic (exact) mass is 405 g/mol. The van der Waals surface area contributed by atoms with Gasteiger partial charge >= 0.3 is 0 Å². The van der Waals surface area contributed by atoms with Crippen molar-refractivity contribution in [2.75, 3.05) is 6.61 Å². The summed E-state index contributed by atoms with van der Waals surface area (Å²) in [7, 11) is -4.39. The van der Waals surface area contributed by atoms with E-state index in [1.165, 1.54) is 18.2 Å². The van der Waals surface area contributed by atoms with Gasteiger partial charge in [-0.2, -0.15) is 8.42 Å². The van der Waals surface area contributed by atoms with E-state index >= 15 is 0 Å². The van der Waals surface area contributed by atoms with Crippen molar-refractivity contribution in [2.24, 2.45) is 0 Å². The first-order chi connectivity index (χ1) is 13.2. The van der Waals surface area contributed by atoms with Crippen molar-refractivity contribution in [3.8, 4) is 11.5 Å². The predicted octanol–water partition coefficient (Wildman–Crippen LogP) is 3.57. The number of nitro groups is 1. The lowest BCUT2D eigenvalue weighted by Crippen LogP contribution is -2.32. The van der Waals surface area contributed by atoms with Crippen LogP contribution >= 0.6 is 0 Å². The summed E-state index contributed by atoms with van der Waals surface area (Å²) in [5.41, 5.74) is 1.38. The molecule has 0 aliphatic carbocycles. The van der Waals surface area contributed by atoms with Gasteiger partial charge in [0.25, 0.3) is 15.8 Å². The molecule has 0 radical (unpaired) electrons. The molecule has 2 aromatic rings. The third kappa shape index (κ3) is 4.00. The van der Waals surface area contributed by atoms with Crippen LogP contribution in [0, 0.1) is 17.0 Å². The molecule has 0 amide bonds. The Balaban J connectivity index is 1.98. The van der Waals surface area contributed by atoms with Gasteiger partial charge in [0.15, 0.2) is 11.5 Å². The average Bonchev–Trinajstić information content (AvgIpc) is 2.61. The van der Waals surface area contributed by atoms with Crippen LogP contribution in [0.25, 0.3) is 6.08 Å². The van der Waals surface area contributed by atoms with Crippen LogP contribution in [0.5, 0.6) is 11.5 Å². The first-order valence-corrected chi connectivity index (χ1v) is 9.95. The molecular weight excluding hydrogens is 386 g/mol. The second kappa shape index (κ2) is 7.61. The van der Waals surface area contributed by atoms with Crippen LogP contribution in [-0.2, 0) is 16.5 Å². The van der Waals surface area contributed by atoms with Crippen molar-refractivity contribution in [3.63, 3.8) is 0 Å². The van der Waals surface area contributed by atoms with Crippen LogP contribution in [0.1, 0.15) is 23.6 Å². The number of hydrogen-bond donors (Lipinski definition) is 1. The van der Waals surface area contributed by atoms with Crippen LogP contribution < -0.4 is 9.47 Å². The summed E-state index contributed by atoms with van der Waals surface area (Å²) in [6, 6.07) is 7.42. The molecule has 0 fully saturated rings. The minimum Gasteiger partial charge on any atom is -0.486 e. The molecule has 28 heavy (non-hydrogen) atoms. The SMILES string of the molecule is CC=Cc1c([N+](=O)[O-])ccc2c1O[C@H](Cc1cc(C)ccc1S(=O)(=O)O)CO2. The summed E-state index contributed by atoms with van der Waals surface area (Å²) in [5, 5.41) is 11.3. The molecule has 2 aromatic carbocycles. The van der Waals surface area contributed by atoms with Gasteiger partial charge in [-0.1, -0.05) is 23.8 Å². The van der Waals surface area contributed by atoms with Crippen molar-refractivity contribution >= 4 is 21.9 Å². The molecule has 148 valence electrons. The fraction of sp³-hybridized carbons (Fsp3) is 0.263. The first-order valence-electron chi connectivity index (χ1n) is 8.51. The Hall–Kier alpha value is -2.91. The number of ether oxygens (including phenoxy) is 2. The number of hydrogen-bond acceptors (Lipinski definition) is 6. The topological polar surface area (TPSA) is 116 Å². The van der Waals surface area contributed by atoms with Gasteiger partial charge in [0.05, 0.1) is 15.4 Å². The number of fused-ring (bicyclic) bond motifs is 1. The summed E-state index contributed by atoms with van der Waals surface area (Å²) in [6.07, 6.45) is 2.79. The van der Waals surface area contributed by atoms with Crippen LogP contribution in [0.2, 0.25) is 0 Å². The van der Waals surface area contributed by atoms with E-state index in [1.54, 1.807) is 38.1 Å². The Morgan fingerprint density at radius 2 is 2.07 bits per heavy atom. The molecule has 0 aromatic heterocycles. The highest BCUT2D eigenvalue weighted by Crippen LogP contribution is 2.41. The van der Waals surface area contributed by atoms with Crippen LogP contribution in [0.15, 0.2) is 41.3 Å². The second-order valence-electron chi connectivity index (χ2n) is 6.42.